The number of halogens is 1. The van der Waals surface area contributed by atoms with Crippen molar-refractivity contribution in [2.45, 2.75) is 13.5 Å². The van der Waals surface area contributed by atoms with Crippen molar-refractivity contribution in [3.8, 4) is 0 Å². The first kappa shape index (κ1) is 12.2. The Bertz CT molecular complexity index is 720. The van der Waals surface area contributed by atoms with Crippen LogP contribution in [0.25, 0.3) is 5.65 Å². The zero-order valence-corrected chi connectivity index (χ0v) is 12.1. The number of rotatable bonds is 3. The number of hydrogen-bond donors (Lipinski definition) is 1. The average molecular weight is 317 g/mol. The molecule has 2 aromatic heterocycles. The van der Waals surface area contributed by atoms with Gasteiger partial charge < -0.3 is 5.32 Å². The molecule has 0 aliphatic carbocycles. The Labute approximate surface area is 119 Å². The van der Waals surface area contributed by atoms with E-state index in [4.69, 9.17) is 0 Å². The minimum absolute atomic E-state index is 0.647. The van der Waals surface area contributed by atoms with Crippen LogP contribution in [-0.2, 0) is 6.54 Å². The van der Waals surface area contributed by atoms with Crippen LogP contribution in [0.1, 0.15) is 11.3 Å². The Hall–Kier alpha value is -1.88. The van der Waals surface area contributed by atoms with Gasteiger partial charge in [0.25, 0.3) is 0 Å². The van der Waals surface area contributed by atoms with E-state index in [-0.39, 0.29) is 0 Å². The summed E-state index contributed by atoms with van der Waals surface area (Å²) in [6.07, 6.45) is 0. The summed E-state index contributed by atoms with van der Waals surface area (Å²) >= 11 is 3.46. The first-order valence-electron chi connectivity index (χ1n) is 6.03. The van der Waals surface area contributed by atoms with E-state index in [0.717, 1.165) is 15.8 Å². The minimum Gasteiger partial charge on any atom is -0.349 e. The van der Waals surface area contributed by atoms with E-state index in [1.54, 1.807) is 0 Å². The van der Waals surface area contributed by atoms with Crippen molar-refractivity contribution < 1.29 is 0 Å². The van der Waals surface area contributed by atoms with Gasteiger partial charge in [0.05, 0.1) is 0 Å². The molecule has 0 aliphatic rings. The highest BCUT2D eigenvalue weighted by Crippen LogP contribution is 2.13. The van der Waals surface area contributed by atoms with Gasteiger partial charge in [-0.2, -0.15) is 4.98 Å². The van der Waals surface area contributed by atoms with E-state index < -0.39 is 0 Å². The third-order valence-electron chi connectivity index (χ3n) is 2.89. The highest BCUT2D eigenvalue weighted by molar-refractivity contribution is 9.10. The molecule has 0 aliphatic heterocycles. The molecule has 19 heavy (non-hydrogen) atoms. The van der Waals surface area contributed by atoms with Gasteiger partial charge in [0, 0.05) is 16.7 Å². The Morgan fingerprint density at radius 1 is 1.21 bits per heavy atom. The Kier molecular flexibility index (Phi) is 3.21. The maximum absolute atomic E-state index is 4.44. The number of aryl methyl sites for hydroxylation is 1. The normalized spacial score (nSPS) is 10.8. The summed E-state index contributed by atoms with van der Waals surface area (Å²) in [6, 6.07) is 14.1. The number of nitrogens with one attached hydrogen (secondary N) is 1. The average Bonchev–Trinajstić information content (AvgIpc) is 2.81. The lowest BCUT2D eigenvalue weighted by Crippen LogP contribution is -2.01. The van der Waals surface area contributed by atoms with E-state index in [1.807, 2.05) is 41.8 Å². The predicted molar refractivity (Wildman–Crippen MR) is 79.2 cm³/mol. The van der Waals surface area contributed by atoms with Crippen LogP contribution in [0, 0.1) is 6.92 Å². The molecule has 0 spiro atoms. The summed E-state index contributed by atoms with van der Waals surface area (Å²) in [5.74, 6) is 0.647. The van der Waals surface area contributed by atoms with Gasteiger partial charge >= 0.3 is 0 Å². The highest BCUT2D eigenvalue weighted by Gasteiger charge is 2.04. The minimum atomic E-state index is 0.647. The molecule has 1 N–H and O–H groups in total. The van der Waals surface area contributed by atoms with Gasteiger partial charge in [-0.05, 0) is 36.8 Å². The number of aromatic nitrogens is 3. The quantitative estimate of drug-likeness (QED) is 0.805. The van der Waals surface area contributed by atoms with Crippen LogP contribution in [0.2, 0.25) is 0 Å². The summed E-state index contributed by atoms with van der Waals surface area (Å²) in [5, 5.41) is 7.67. The number of fused-ring (bicyclic) bond motifs is 1. The van der Waals surface area contributed by atoms with Crippen LogP contribution in [0.15, 0.2) is 46.9 Å². The van der Waals surface area contributed by atoms with Crippen molar-refractivity contribution in [2.24, 2.45) is 0 Å². The Morgan fingerprint density at radius 3 is 2.84 bits per heavy atom. The molecular formula is C14H13BrN4. The molecule has 3 aromatic rings. The van der Waals surface area contributed by atoms with E-state index in [0.29, 0.717) is 12.5 Å². The SMILES string of the molecule is Cc1cccc2nc(NCc3cccc(Br)c3)nn12. The maximum atomic E-state index is 4.44. The lowest BCUT2D eigenvalue weighted by atomic mass is 10.2. The first-order valence-corrected chi connectivity index (χ1v) is 6.82. The molecule has 0 bridgehead atoms. The Balaban J connectivity index is 1.80. The van der Waals surface area contributed by atoms with Crippen molar-refractivity contribution in [3.63, 3.8) is 0 Å². The molecule has 0 amide bonds. The van der Waals surface area contributed by atoms with Gasteiger partial charge in [0.2, 0.25) is 5.95 Å². The molecule has 0 radical (unpaired) electrons. The monoisotopic (exact) mass is 316 g/mol. The summed E-state index contributed by atoms with van der Waals surface area (Å²) in [6.45, 7) is 2.72. The summed E-state index contributed by atoms with van der Waals surface area (Å²) in [4.78, 5) is 4.44. The molecule has 0 unspecified atom stereocenters. The number of nitrogens with zero attached hydrogens (tertiary/aromatic N) is 3. The van der Waals surface area contributed by atoms with Crippen molar-refractivity contribution in [2.75, 3.05) is 5.32 Å². The van der Waals surface area contributed by atoms with Gasteiger partial charge in [-0.1, -0.05) is 34.1 Å². The highest BCUT2D eigenvalue weighted by atomic mass is 79.9. The maximum Gasteiger partial charge on any atom is 0.243 e. The molecule has 0 saturated carbocycles. The molecule has 4 nitrogen and oxygen atoms in total. The van der Waals surface area contributed by atoms with Crippen LogP contribution < -0.4 is 5.32 Å². The number of hydrogen-bond acceptors (Lipinski definition) is 3. The Morgan fingerprint density at radius 2 is 2.05 bits per heavy atom. The lowest BCUT2D eigenvalue weighted by molar-refractivity contribution is 0.909. The predicted octanol–water partition coefficient (Wildman–Crippen LogP) is 3.41. The molecular weight excluding hydrogens is 304 g/mol. The fraction of sp³-hybridized carbons (Fsp3) is 0.143. The molecule has 3 rings (SSSR count). The molecule has 96 valence electrons. The first-order chi connectivity index (χ1) is 9.22. The largest absolute Gasteiger partial charge is 0.349 e. The summed E-state index contributed by atoms with van der Waals surface area (Å²) in [5.41, 5.74) is 3.11. The standard InChI is InChI=1S/C14H13BrN4/c1-10-4-2-7-13-17-14(18-19(10)13)16-9-11-5-3-6-12(15)8-11/h2-8H,9H2,1H3,(H,16,18). The second-order valence-corrected chi connectivity index (χ2v) is 5.27. The second kappa shape index (κ2) is 5.01. The smallest absolute Gasteiger partial charge is 0.243 e. The molecule has 0 fully saturated rings. The zero-order valence-electron chi connectivity index (χ0n) is 10.5. The third-order valence-corrected chi connectivity index (χ3v) is 3.38. The van der Waals surface area contributed by atoms with Gasteiger partial charge in [-0.15, -0.1) is 5.10 Å². The topological polar surface area (TPSA) is 42.2 Å². The van der Waals surface area contributed by atoms with Crippen LogP contribution >= 0.6 is 15.9 Å². The van der Waals surface area contributed by atoms with Crippen LogP contribution in [0.3, 0.4) is 0 Å². The lowest BCUT2D eigenvalue weighted by Gasteiger charge is -2.02. The van der Waals surface area contributed by atoms with E-state index in [1.165, 1.54) is 5.56 Å². The summed E-state index contributed by atoms with van der Waals surface area (Å²) in [7, 11) is 0. The molecule has 5 heteroatoms. The van der Waals surface area contributed by atoms with Gasteiger partial charge in [-0.25, -0.2) is 4.52 Å². The summed E-state index contributed by atoms with van der Waals surface area (Å²) < 4.78 is 2.91. The van der Waals surface area contributed by atoms with Crippen LogP contribution in [0.4, 0.5) is 5.95 Å². The van der Waals surface area contributed by atoms with E-state index in [2.05, 4.69) is 43.5 Å². The van der Waals surface area contributed by atoms with Crippen molar-refractivity contribution in [1.29, 1.82) is 0 Å². The van der Waals surface area contributed by atoms with Crippen molar-refractivity contribution >= 4 is 27.5 Å². The van der Waals surface area contributed by atoms with Gasteiger partial charge in [-0.3, -0.25) is 0 Å². The van der Waals surface area contributed by atoms with Gasteiger partial charge in [0.1, 0.15) is 0 Å². The molecule has 2 heterocycles. The molecule has 0 atom stereocenters. The molecule has 0 saturated heterocycles. The third kappa shape index (κ3) is 2.61. The van der Waals surface area contributed by atoms with E-state index >= 15 is 0 Å². The fourth-order valence-electron chi connectivity index (χ4n) is 1.94. The van der Waals surface area contributed by atoms with Gasteiger partial charge in [0.15, 0.2) is 5.65 Å². The molecule has 1 aromatic carbocycles. The zero-order chi connectivity index (χ0) is 13.2. The second-order valence-electron chi connectivity index (χ2n) is 4.36. The van der Waals surface area contributed by atoms with Crippen LogP contribution in [0.5, 0.6) is 0 Å². The number of pyridine rings is 1. The van der Waals surface area contributed by atoms with Crippen molar-refractivity contribution in [1.82, 2.24) is 14.6 Å². The van der Waals surface area contributed by atoms with Crippen LogP contribution in [-0.4, -0.2) is 14.6 Å². The van der Waals surface area contributed by atoms with Crippen molar-refractivity contribution in [3.05, 3.63) is 58.2 Å². The fourth-order valence-corrected chi connectivity index (χ4v) is 2.39. The van der Waals surface area contributed by atoms with E-state index in [9.17, 15) is 0 Å². The number of benzene rings is 1. The number of anilines is 1.